The molecule has 0 aliphatic heterocycles. The number of hydrogen-bond acceptors (Lipinski definition) is 5. The smallest absolute Gasteiger partial charge is 0.416 e. The Morgan fingerprint density at radius 1 is 0.812 bits per heavy atom. The monoisotopic (exact) mass is 447 g/mol. The Morgan fingerprint density at radius 2 is 1.41 bits per heavy atom. The van der Waals surface area contributed by atoms with Crippen molar-refractivity contribution in [2.24, 2.45) is 0 Å². The van der Waals surface area contributed by atoms with Crippen LogP contribution in [0.2, 0.25) is 0 Å². The molecule has 0 radical (unpaired) electrons. The number of hydrogen-bond donors (Lipinski definition) is 1. The van der Waals surface area contributed by atoms with Crippen molar-refractivity contribution in [2.45, 2.75) is 6.18 Å². The van der Waals surface area contributed by atoms with Crippen molar-refractivity contribution in [3.05, 3.63) is 71.8 Å². The summed E-state index contributed by atoms with van der Waals surface area (Å²) in [6.07, 6.45) is -4.48. The van der Waals surface area contributed by atoms with Crippen molar-refractivity contribution in [3.63, 3.8) is 0 Å². The molecule has 0 aliphatic rings. The van der Waals surface area contributed by atoms with Gasteiger partial charge in [-0.3, -0.25) is 4.79 Å². The highest BCUT2D eigenvalue weighted by Crippen LogP contribution is 2.40. The number of carbonyl (C=O) groups is 1. The fraction of sp³-hybridized carbons (Fsp3) is 0.174. The molecule has 0 saturated heterocycles. The molecule has 0 aliphatic carbocycles. The van der Waals surface area contributed by atoms with Crippen LogP contribution in [0.3, 0.4) is 0 Å². The Morgan fingerprint density at radius 3 is 1.97 bits per heavy atom. The molecule has 3 rings (SSSR count). The van der Waals surface area contributed by atoms with Crippen molar-refractivity contribution < 1.29 is 36.9 Å². The molecule has 6 nitrogen and oxygen atoms in total. The molecule has 0 atom stereocenters. The van der Waals surface area contributed by atoms with Gasteiger partial charge < -0.3 is 24.3 Å². The van der Waals surface area contributed by atoms with Gasteiger partial charge in [-0.25, -0.2) is 0 Å². The molecule has 0 bridgehead atoms. The van der Waals surface area contributed by atoms with Crippen LogP contribution in [-0.4, -0.2) is 27.2 Å². The number of methoxy groups -OCH3 is 3. The molecule has 9 heteroatoms. The molecular formula is C23H20F3NO5. The van der Waals surface area contributed by atoms with E-state index in [1.165, 1.54) is 45.6 Å². The summed E-state index contributed by atoms with van der Waals surface area (Å²) in [5.74, 6) is 0.856. The molecule has 0 aromatic heterocycles. The number of ether oxygens (including phenoxy) is 4. The van der Waals surface area contributed by atoms with Gasteiger partial charge in [-0.1, -0.05) is 12.1 Å². The fourth-order valence-electron chi connectivity index (χ4n) is 2.93. The van der Waals surface area contributed by atoms with Crippen molar-refractivity contribution in [1.29, 1.82) is 0 Å². The summed E-state index contributed by atoms with van der Waals surface area (Å²) in [6.45, 7) is 0. The Bertz CT molecular complexity index is 1090. The number of anilines is 1. The van der Waals surface area contributed by atoms with Crippen LogP contribution in [0.4, 0.5) is 18.9 Å². The minimum atomic E-state index is -4.48. The van der Waals surface area contributed by atoms with E-state index in [0.29, 0.717) is 22.9 Å². The van der Waals surface area contributed by atoms with E-state index in [0.717, 1.165) is 12.1 Å². The zero-order valence-electron chi connectivity index (χ0n) is 17.4. The molecular weight excluding hydrogens is 427 g/mol. The van der Waals surface area contributed by atoms with E-state index < -0.39 is 17.6 Å². The van der Waals surface area contributed by atoms with Gasteiger partial charge in [0.2, 0.25) is 5.75 Å². The first-order chi connectivity index (χ1) is 15.2. The predicted molar refractivity (Wildman–Crippen MR) is 112 cm³/mol. The lowest BCUT2D eigenvalue weighted by atomic mass is 10.2. The van der Waals surface area contributed by atoms with E-state index >= 15 is 0 Å². The Kier molecular flexibility index (Phi) is 6.77. The number of nitrogens with one attached hydrogen (secondary N) is 1. The third kappa shape index (κ3) is 5.23. The molecule has 0 heterocycles. The molecule has 168 valence electrons. The number of benzene rings is 3. The highest BCUT2D eigenvalue weighted by Gasteiger charge is 2.30. The van der Waals surface area contributed by atoms with Crippen molar-refractivity contribution in [2.75, 3.05) is 26.6 Å². The van der Waals surface area contributed by atoms with Gasteiger partial charge in [0.15, 0.2) is 11.5 Å². The van der Waals surface area contributed by atoms with Crippen LogP contribution in [0, 0.1) is 0 Å². The van der Waals surface area contributed by atoms with E-state index in [1.807, 2.05) is 0 Å². The average molecular weight is 447 g/mol. The second-order valence-electron chi connectivity index (χ2n) is 6.52. The largest absolute Gasteiger partial charge is 0.493 e. The first-order valence-electron chi connectivity index (χ1n) is 9.31. The maximum absolute atomic E-state index is 12.9. The lowest BCUT2D eigenvalue weighted by molar-refractivity contribution is -0.137. The van der Waals surface area contributed by atoms with Crippen LogP contribution in [0.1, 0.15) is 15.9 Å². The number of rotatable bonds is 7. The predicted octanol–water partition coefficient (Wildman–Crippen LogP) is 5.78. The lowest BCUT2D eigenvalue weighted by Crippen LogP contribution is -2.12. The molecule has 0 unspecified atom stereocenters. The van der Waals surface area contributed by atoms with E-state index in [9.17, 15) is 18.0 Å². The SMILES string of the molecule is COc1cc(NC(=O)c2cccc(Oc3cccc(C(F)(F)F)c3)c2)cc(OC)c1OC. The molecule has 1 N–H and O–H groups in total. The molecule has 0 saturated carbocycles. The fourth-order valence-corrected chi connectivity index (χ4v) is 2.93. The lowest BCUT2D eigenvalue weighted by Gasteiger charge is -2.15. The molecule has 0 spiro atoms. The highest BCUT2D eigenvalue weighted by atomic mass is 19.4. The summed E-state index contributed by atoms with van der Waals surface area (Å²) in [4.78, 5) is 12.7. The number of alkyl halides is 3. The Balaban J connectivity index is 1.81. The summed E-state index contributed by atoms with van der Waals surface area (Å²) in [6, 6.07) is 13.7. The number of halogens is 3. The van der Waals surface area contributed by atoms with Crippen LogP contribution in [0.5, 0.6) is 28.7 Å². The van der Waals surface area contributed by atoms with E-state index in [1.54, 1.807) is 24.3 Å². The van der Waals surface area contributed by atoms with Crippen molar-refractivity contribution in [1.82, 2.24) is 0 Å². The number of amides is 1. The second-order valence-corrected chi connectivity index (χ2v) is 6.52. The van der Waals surface area contributed by atoms with Gasteiger partial charge >= 0.3 is 6.18 Å². The topological polar surface area (TPSA) is 66.0 Å². The van der Waals surface area contributed by atoms with Crippen LogP contribution in [-0.2, 0) is 6.18 Å². The molecule has 3 aromatic carbocycles. The quantitative estimate of drug-likeness (QED) is 0.498. The van der Waals surface area contributed by atoms with Crippen LogP contribution >= 0.6 is 0 Å². The van der Waals surface area contributed by atoms with Gasteiger partial charge in [0.25, 0.3) is 5.91 Å². The zero-order valence-corrected chi connectivity index (χ0v) is 17.4. The maximum Gasteiger partial charge on any atom is 0.416 e. The highest BCUT2D eigenvalue weighted by molar-refractivity contribution is 6.04. The van der Waals surface area contributed by atoms with E-state index in [4.69, 9.17) is 18.9 Å². The summed E-state index contributed by atoms with van der Waals surface area (Å²) in [5, 5.41) is 2.72. The van der Waals surface area contributed by atoms with Crippen LogP contribution < -0.4 is 24.3 Å². The Hall–Kier alpha value is -3.88. The minimum absolute atomic E-state index is 0.00186. The normalized spacial score (nSPS) is 10.9. The van der Waals surface area contributed by atoms with Gasteiger partial charge in [-0.15, -0.1) is 0 Å². The zero-order chi connectivity index (χ0) is 23.3. The standard InChI is InChI=1S/C23H20F3NO5/c1-29-19-12-16(13-20(30-2)21(19)31-3)27-22(28)14-6-4-8-17(10-14)32-18-9-5-7-15(11-18)23(24,25)26/h4-13H,1-3H3,(H,27,28). The average Bonchev–Trinajstić information content (AvgIpc) is 2.78. The number of carbonyl (C=O) groups excluding carboxylic acids is 1. The van der Waals surface area contributed by atoms with Crippen molar-refractivity contribution >= 4 is 11.6 Å². The molecule has 0 fully saturated rings. The molecule has 32 heavy (non-hydrogen) atoms. The third-order valence-electron chi connectivity index (χ3n) is 4.42. The minimum Gasteiger partial charge on any atom is -0.493 e. The summed E-state index contributed by atoms with van der Waals surface area (Å²) >= 11 is 0. The molecule has 3 aromatic rings. The molecule has 1 amide bonds. The first-order valence-corrected chi connectivity index (χ1v) is 9.31. The van der Waals surface area contributed by atoms with Crippen LogP contribution in [0.15, 0.2) is 60.7 Å². The Labute approximate surface area is 182 Å². The van der Waals surface area contributed by atoms with Gasteiger partial charge in [-0.05, 0) is 36.4 Å². The van der Waals surface area contributed by atoms with Gasteiger partial charge in [-0.2, -0.15) is 13.2 Å². The third-order valence-corrected chi connectivity index (χ3v) is 4.42. The second kappa shape index (κ2) is 9.51. The summed E-state index contributed by atoms with van der Waals surface area (Å²) in [7, 11) is 4.38. The maximum atomic E-state index is 12.9. The van der Waals surface area contributed by atoms with Crippen LogP contribution in [0.25, 0.3) is 0 Å². The first kappa shape index (κ1) is 22.8. The van der Waals surface area contributed by atoms with Gasteiger partial charge in [0, 0.05) is 23.4 Å². The van der Waals surface area contributed by atoms with Gasteiger partial charge in [0.05, 0.1) is 26.9 Å². The van der Waals surface area contributed by atoms with E-state index in [2.05, 4.69) is 5.32 Å². The van der Waals surface area contributed by atoms with Gasteiger partial charge in [0.1, 0.15) is 11.5 Å². The summed E-state index contributed by atoms with van der Waals surface area (Å²) in [5.41, 5.74) is -0.191. The van der Waals surface area contributed by atoms with E-state index in [-0.39, 0.29) is 17.1 Å². The summed E-state index contributed by atoms with van der Waals surface area (Å²) < 4.78 is 60.0. The van der Waals surface area contributed by atoms with Crippen molar-refractivity contribution in [3.8, 4) is 28.7 Å².